The van der Waals surface area contributed by atoms with Crippen molar-refractivity contribution in [3.63, 3.8) is 0 Å². The third-order valence-corrected chi connectivity index (χ3v) is 6.23. The van der Waals surface area contributed by atoms with Crippen LogP contribution in [0.5, 0.6) is 11.5 Å². The van der Waals surface area contributed by atoms with Gasteiger partial charge in [-0.25, -0.2) is 0 Å². The molecule has 0 amide bonds. The SMILES string of the molecule is C=CCC1=C[C@]2(OC)C(OC(C)=O)[C@H](C1=O)[C@@H](c1ccc(OC)c(OC)c1)[C@@H]2C. The fourth-order valence-electron chi connectivity index (χ4n) is 4.97. The van der Waals surface area contributed by atoms with Crippen molar-refractivity contribution in [2.75, 3.05) is 21.3 Å². The molecule has 1 fully saturated rings. The van der Waals surface area contributed by atoms with Crippen LogP contribution in [-0.4, -0.2) is 44.8 Å². The number of ketones is 1. The minimum absolute atomic E-state index is 0.0343. The number of hydrogen-bond acceptors (Lipinski definition) is 6. The van der Waals surface area contributed by atoms with Crippen molar-refractivity contribution in [3.8, 4) is 11.5 Å². The molecule has 1 aromatic carbocycles. The number of benzene rings is 1. The number of fused-ring (bicyclic) bond motifs is 2. The van der Waals surface area contributed by atoms with Gasteiger partial charge >= 0.3 is 5.97 Å². The molecular formula is C23H28O6. The summed E-state index contributed by atoms with van der Waals surface area (Å²) in [5.41, 5.74) is 0.670. The highest BCUT2D eigenvalue weighted by molar-refractivity contribution is 6.01. The molecule has 0 spiro atoms. The van der Waals surface area contributed by atoms with Gasteiger partial charge < -0.3 is 18.9 Å². The summed E-state index contributed by atoms with van der Waals surface area (Å²) in [6.45, 7) is 7.15. The van der Waals surface area contributed by atoms with Crippen molar-refractivity contribution in [2.45, 2.75) is 37.9 Å². The average molecular weight is 400 g/mol. The van der Waals surface area contributed by atoms with Crippen LogP contribution >= 0.6 is 0 Å². The van der Waals surface area contributed by atoms with Crippen LogP contribution in [-0.2, 0) is 19.1 Å². The van der Waals surface area contributed by atoms with Crippen molar-refractivity contribution in [3.05, 3.63) is 48.1 Å². The number of hydrogen-bond donors (Lipinski definition) is 0. The molecule has 156 valence electrons. The number of Topliss-reactive ketones (excluding diaryl/α,β-unsaturated/α-hetero) is 1. The van der Waals surface area contributed by atoms with E-state index in [0.29, 0.717) is 23.5 Å². The summed E-state index contributed by atoms with van der Waals surface area (Å²) in [7, 11) is 4.75. The molecule has 0 aromatic heterocycles. The quantitative estimate of drug-likeness (QED) is 0.516. The maximum absolute atomic E-state index is 13.4. The van der Waals surface area contributed by atoms with Gasteiger partial charge in [-0.3, -0.25) is 9.59 Å². The van der Waals surface area contributed by atoms with Crippen LogP contribution in [0, 0.1) is 11.8 Å². The number of carbonyl (C=O) groups excluding carboxylic acids is 2. The summed E-state index contributed by atoms with van der Waals surface area (Å²) in [6.07, 6.45) is 3.29. The normalized spacial score (nSPS) is 30.5. The highest BCUT2D eigenvalue weighted by atomic mass is 16.6. The van der Waals surface area contributed by atoms with Crippen LogP contribution in [0.3, 0.4) is 0 Å². The zero-order valence-electron chi connectivity index (χ0n) is 17.6. The maximum Gasteiger partial charge on any atom is 0.303 e. The number of methoxy groups -OCH3 is 3. The molecule has 1 saturated carbocycles. The Morgan fingerprint density at radius 1 is 1.17 bits per heavy atom. The van der Waals surface area contributed by atoms with Gasteiger partial charge in [-0.2, -0.15) is 0 Å². The number of carbonyl (C=O) groups is 2. The molecule has 0 heterocycles. The van der Waals surface area contributed by atoms with E-state index in [2.05, 4.69) is 6.58 Å². The Hall–Kier alpha value is -2.60. The Balaban J connectivity index is 2.17. The summed E-state index contributed by atoms with van der Waals surface area (Å²) < 4.78 is 22.5. The van der Waals surface area contributed by atoms with Gasteiger partial charge in [-0.15, -0.1) is 6.58 Å². The highest BCUT2D eigenvalue weighted by Gasteiger charge is 2.65. The summed E-state index contributed by atoms with van der Waals surface area (Å²) in [5, 5.41) is 0. The van der Waals surface area contributed by atoms with Crippen LogP contribution in [0.2, 0.25) is 0 Å². The topological polar surface area (TPSA) is 71.1 Å². The third kappa shape index (κ3) is 3.25. The molecule has 5 atom stereocenters. The van der Waals surface area contributed by atoms with Gasteiger partial charge in [0.05, 0.1) is 20.1 Å². The Morgan fingerprint density at radius 2 is 1.86 bits per heavy atom. The summed E-state index contributed by atoms with van der Waals surface area (Å²) >= 11 is 0. The van der Waals surface area contributed by atoms with Crippen LogP contribution in [0.25, 0.3) is 0 Å². The number of rotatable bonds is 7. The fraction of sp³-hybridized carbons (Fsp3) is 0.478. The molecule has 1 unspecified atom stereocenters. The smallest absolute Gasteiger partial charge is 0.303 e. The van der Waals surface area contributed by atoms with Crippen molar-refractivity contribution in [1.82, 2.24) is 0 Å². The number of ether oxygens (including phenoxy) is 4. The first kappa shape index (κ1) is 21.1. The predicted molar refractivity (Wildman–Crippen MR) is 108 cm³/mol. The monoisotopic (exact) mass is 400 g/mol. The van der Waals surface area contributed by atoms with Gasteiger partial charge in [-0.1, -0.05) is 19.1 Å². The first-order valence-corrected chi connectivity index (χ1v) is 9.65. The van der Waals surface area contributed by atoms with E-state index >= 15 is 0 Å². The molecule has 2 aliphatic carbocycles. The van der Waals surface area contributed by atoms with Gasteiger partial charge in [0.1, 0.15) is 11.7 Å². The lowest BCUT2D eigenvalue weighted by Gasteiger charge is -2.38. The minimum atomic E-state index is -0.888. The molecule has 29 heavy (non-hydrogen) atoms. The minimum Gasteiger partial charge on any atom is -0.493 e. The van der Waals surface area contributed by atoms with E-state index in [4.69, 9.17) is 18.9 Å². The van der Waals surface area contributed by atoms with Crippen LogP contribution in [0.15, 0.2) is 42.5 Å². The largest absolute Gasteiger partial charge is 0.493 e. The molecule has 6 nitrogen and oxygen atoms in total. The van der Waals surface area contributed by atoms with Gasteiger partial charge in [-0.05, 0) is 35.8 Å². The lowest BCUT2D eigenvalue weighted by atomic mass is 9.78. The molecule has 0 radical (unpaired) electrons. The number of allylic oxidation sites excluding steroid dienone is 2. The predicted octanol–water partition coefficient (Wildman–Crippen LogP) is 3.46. The standard InChI is InChI=1S/C23H28O6/c1-7-8-16-12-23(28-6)13(2)19(20(21(16)25)22(23)29-14(3)24)15-9-10-17(26-4)18(11-15)27-5/h7,9-13,19-20,22H,1,8H2,2-6H3/t13-,19+,20-,22?,23+/m0/s1. The third-order valence-electron chi connectivity index (χ3n) is 6.23. The lowest BCUT2D eigenvalue weighted by Crippen LogP contribution is -2.50. The van der Waals surface area contributed by atoms with Gasteiger partial charge in [0, 0.05) is 25.9 Å². The van der Waals surface area contributed by atoms with Crippen molar-refractivity contribution < 1.29 is 28.5 Å². The van der Waals surface area contributed by atoms with E-state index in [0.717, 1.165) is 5.56 Å². The van der Waals surface area contributed by atoms with Gasteiger partial charge in [0.25, 0.3) is 0 Å². The first-order valence-electron chi connectivity index (χ1n) is 9.65. The maximum atomic E-state index is 13.4. The number of esters is 1. The van der Waals surface area contributed by atoms with Crippen LogP contribution < -0.4 is 9.47 Å². The van der Waals surface area contributed by atoms with Gasteiger partial charge in [0.15, 0.2) is 17.3 Å². The second kappa shape index (κ2) is 8.03. The zero-order chi connectivity index (χ0) is 21.3. The summed E-state index contributed by atoms with van der Waals surface area (Å²) in [6, 6.07) is 5.64. The van der Waals surface area contributed by atoms with Crippen molar-refractivity contribution in [2.24, 2.45) is 11.8 Å². The van der Waals surface area contributed by atoms with E-state index in [9.17, 15) is 9.59 Å². The van der Waals surface area contributed by atoms with Crippen LogP contribution in [0.1, 0.15) is 31.7 Å². The van der Waals surface area contributed by atoms with Crippen LogP contribution in [0.4, 0.5) is 0 Å². The molecule has 6 heteroatoms. The molecule has 3 rings (SSSR count). The Labute approximate surface area is 171 Å². The summed E-state index contributed by atoms with van der Waals surface area (Å²) in [4.78, 5) is 25.3. The lowest BCUT2D eigenvalue weighted by molar-refractivity contribution is -0.166. The van der Waals surface area contributed by atoms with E-state index in [1.165, 1.54) is 6.92 Å². The van der Waals surface area contributed by atoms with Gasteiger partial charge in [0.2, 0.25) is 0 Å². The van der Waals surface area contributed by atoms with E-state index in [1.54, 1.807) is 27.4 Å². The zero-order valence-corrected chi connectivity index (χ0v) is 17.6. The average Bonchev–Trinajstić information content (AvgIpc) is 2.88. The van der Waals surface area contributed by atoms with E-state index in [1.807, 2.05) is 31.2 Å². The molecule has 0 N–H and O–H groups in total. The molecule has 2 bridgehead atoms. The molecule has 1 aromatic rings. The second-order valence-corrected chi connectivity index (χ2v) is 7.57. The molecule has 2 aliphatic rings. The molecule has 0 saturated heterocycles. The Bertz CT molecular complexity index is 857. The Morgan fingerprint density at radius 3 is 2.41 bits per heavy atom. The highest BCUT2D eigenvalue weighted by Crippen LogP contribution is 2.58. The van der Waals surface area contributed by atoms with E-state index < -0.39 is 23.6 Å². The van der Waals surface area contributed by atoms with Crippen molar-refractivity contribution >= 4 is 11.8 Å². The molecular weight excluding hydrogens is 372 g/mol. The molecule has 0 aliphatic heterocycles. The first-order chi connectivity index (χ1) is 13.8. The Kier molecular flexibility index (Phi) is 5.85. The fourth-order valence-corrected chi connectivity index (χ4v) is 4.97. The summed E-state index contributed by atoms with van der Waals surface area (Å²) in [5.74, 6) is -0.160. The van der Waals surface area contributed by atoms with Crippen molar-refractivity contribution in [1.29, 1.82) is 0 Å². The second-order valence-electron chi connectivity index (χ2n) is 7.57. The van der Waals surface area contributed by atoms with E-state index in [-0.39, 0.29) is 17.6 Å².